The molecule has 0 unspecified atom stereocenters. The van der Waals surface area contributed by atoms with Crippen molar-refractivity contribution in [3.05, 3.63) is 48.0 Å². The Bertz CT molecular complexity index is 1010. The molecule has 2 N–H and O–H groups in total. The zero-order valence-electron chi connectivity index (χ0n) is 19.1. The average Bonchev–Trinajstić information content (AvgIpc) is 2.66. The van der Waals surface area contributed by atoms with E-state index in [4.69, 9.17) is 9.47 Å². The van der Waals surface area contributed by atoms with Crippen LogP contribution in [0.15, 0.2) is 47.4 Å². The number of benzene rings is 2. The van der Waals surface area contributed by atoms with Crippen molar-refractivity contribution >= 4 is 21.6 Å². The molecule has 0 fully saturated rings. The minimum Gasteiger partial charge on any atom is -0.495 e. The Balaban J connectivity index is 2.17. The molecule has 0 aliphatic heterocycles. The van der Waals surface area contributed by atoms with Crippen LogP contribution in [0.5, 0.6) is 11.5 Å². The molecule has 0 aliphatic carbocycles. The minimum absolute atomic E-state index is 0.0217. The van der Waals surface area contributed by atoms with E-state index in [0.717, 1.165) is 5.56 Å². The lowest BCUT2D eigenvalue weighted by atomic mass is 9.87. The van der Waals surface area contributed by atoms with Crippen LogP contribution in [0.1, 0.15) is 47.1 Å². The molecule has 0 heterocycles. The summed E-state index contributed by atoms with van der Waals surface area (Å²) in [5.41, 5.74) is 1.43. The fourth-order valence-corrected chi connectivity index (χ4v) is 4.13. The summed E-state index contributed by atoms with van der Waals surface area (Å²) in [5.74, 6) is 0.489. The third kappa shape index (κ3) is 6.70. The fourth-order valence-electron chi connectivity index (χ4n) is 2.86. The van der Waals surface area contributed by atoms with Crippen molar-refractivity contribution < 1.29 is 22.7 Å². The van der Waals surface area contributed by atoms with Crippen LogP contribution in [0.2, 0.25) is 0 Å². The molecule has 0 bridgehead atoms. The second-order valence-corrected chi connectivity index (χ2v) is 10.4. The van der Waals surface area contributed by atoms with Crippen LogP contribution in [0.3, 0.4) is 0 Å². The Morgan fingerprint density at radius 3 is 2.13 bits per heavy atom. The molecule has 0 spiro atoms. The zero-order chi connectivity index (χ0) is 23.4. The normalized spacial score (nSPS) is 13.0. The van der Waals surface area contributed by atoms with Crippen molar-refractivity contribution in [2.45, 2.75) is 64.0 Å². The summed E-state index contributed by atoms with van der Waals surface area (Å²) in [6.07, 6.45) is -0.806. The van der Waals surface area contributed by atoms with Crippen molar-refractivity contribution in [2.75, 3.05) is 12.4 Å². The number of ether oxygens (including phenoxy) is 2. The van der Waals surface area contributed by atoms with Crippen LogP contribution in [-0.2, 0) is 20.2 Å². The van der Waals surface area contributed by atoms with E-state index >= 15 is 0 Å². The summed E-state index contributed by atoms with van der Waals surface area (Å²) in [5, 5.41) is 2.70. The highest BCUT2D eigenvalue weighted by Crippen LogP contribution is 2.28. The molecule has 2 aromatic rings. The standard InChI is InChI=1S/C23H32N2O5S/c1-15(2)25-31(27,28)19-12-13-21(29-7)20(14-19)24-22(26)16(3)30-18-10-8-17(9-11-18)23(4,5)6/h8-16,25H,1-7H3,(H,24,26)/t16-/m1/s1. The minimum atomic E-state index is -3.72. The Labute approximate surface area is 185 Å². The van der Waals surface area contributed by atoms with Gasteiger partial charge in [-0.25, -0.2) is 13.1 Å². The third-order valence-electron chi connectivity index (χ3n) is 4.53. The van der Waals surface area contributed by atoms with Gasteiger partial charge >= 0.3 is 0 Å². The number of sulfonamides is 1. The number of amides is 1. The summed E-state index contributed by atoms with van der Waals surface area (Å²) in [4.78, 5) is 12.7. The van der Waals surface area contributed by atoms with Crippen molar-refractivity contribution in [3.63, 3.8) is 0 Å². The van der Waals surface area contributed by atoms with Crippen molar-refractivity contribution in [1.29, 1.82) is 0 Å². The quantitative estimate of drug-likeness (QED) is 0.635. The number of carbonyl (C=O) groups excluding carboxylic acids is 1. The van der Waals surface area contributed by atoms with Crippen LogP contribution in [-0.4, -0.2) is 33.6 Å². The van der Waals surface area contributed by atoms with E-state index in [-0.39, 0.29) is 22.0 Å². The Morgan fingerprint density at radius 2 is 1.61 bits per heavy atom. The van der Waals surface area contributed by atoms with Crippen LogP contribution in [0.4, 0.5) is 5.69 Å². The summed E-state index contributed by atoms with van der Waals surface area (Å²) < 4.78 is 38.5. The maximum absolute atomic E-state index is 12.7. The lowest BCUT2D eigenvalue weighted by molar-refractivity contribution is -0.122. The van der Waals surface area contributed by atoms with Gasteiger partial charge in [-0.05, 0) is 62.1 Å². The summed E-state index contributed by atoms with van der Waals surface area (Å²) in [6, 6.07) is 11.6. The molecule has 0 saturated carbocycles. The third-order valence-corrected chi connectivity index (χ3v) is 6.19. The van der Waals surface area contributed by atoms with Gasteiger partial charge in [0.2, 0.25) is 10.0 Å². The predicted octanol–water partition coefficient (Wildman–Crippen LogP) is 4.09. The molecule has 0 aliphatic rings. The number of carbonyl (C=O) groups is 1. The second-order valence-electron chi connectivity index (χ2n) is 8.66. The van der Waals surface area contributed by atoms with Crippen LogP contribution < -0.4 is 19.5 Å². The number of hydrogen-bond acceptors (Lipinski definition) is 5. The first-order valence-electron chi connectivity index (χ1n) is 10.1. The van der Waals surface area contributed by atoms with E-state index in [9.17, 15) is 13.2 Å². The lowest BCUT2D eigenvalue weighted by Crippen LogP contribution is -2.31. The highest BCUT2D eigenvalue weighted by molar-refractivity contribution is 7.89. The maximum atomic E-state index is 12.7. The highest BCUT2D eigenvalue weighted by Gasteiger charge is 2.21. The molecule has 1 amide bonds. The molecule has 8 heteroatoms. The number of nitrogens with one attached hydrogen (secondary N) is 2. The molecule has 1 atom stereocenters. The zero-order valence-corrected chi connectivity index (χ0v) is 20.0. The summed E-state index contributed by atoms with van der Waals surface area (Å²) in [7, 11) is -2.27. The number of hydrogen-bond donors (Lipinski definition) is 2. The monoisotopic (exact) mass is 448 g/mol. The first kappa shape index (κ1) is 24.7. The van der Waals surface area contributed by atoms with Gasteiger partial charge in [0, 0.05) is 6.04 Å². The van der Waals surface area contributed by atoms with Crippen molar-refractivity contribution in [2.24, 2.45) is 0 Å². The van der Waals surface area contributed by atoms with Gasteiger partial charge in [0.15, 0.2) is 6.10 Å². The van der Waals surface area contributed by atoms with Gasteiger partial charge < -0.3 is 14.8 Å². The lowest BCUT2D eigenvalue weighted by Gasteiger charge is -2.20. The SMILES string of the molecule is COc1ccc(S(=O)(=O)NC(C)C)cc1NC(=O)[C@@H](C)Oc1ccc(C(C)(C)C)cc1. The molecular weight excluding hydrogens is 416 g/mol. The first-order valence-corrected chi connectivity index (χ1v) is 11.6. The Morgan fingerprint density at radius 1 is 1.00 bits per heavy atom. The van der Waals surface area contributed by atoms with E-state index < -0.39 is 22.0 Å². The summed E-state index contributed by atoms with van der Waals surface area (Å²) in [6.45, 7) is 11.5. The van der Waals surface area contributed by atoms with Gasteiger partial charge in [-0.1, -0.05) is 32.9 Å². The van der Waals surface area contributed by atoms with Crippen LogP contribution in [0, 0.1) is 0 Å². The largest absolute Gasteiger partial charge is 0.495 e. The highest BCUT2D eigenvalue weighted by atomic mass is 32.2. The number of methoxy groups -OCH3 is 1. The number of rotatable bonds is 8. The smallest absolute Gasteiger partial charge is 0.265 e. The molecule has 0 saturated heterocycles. The van der Waals surface area contributed by atoms with Gasteiger partial charge in [0.1, 0.15) is 11.5 Å². The molecule has 2 aromatic carbocycles. The van der Waals surface area contributed by atoms with E-state index in [1.54, 1.807) is 20.8 Å². The van der Waals surface area contributed by atoms with E-state index in [2.05, 4.69) is 30.8 Å². The molecule has 31 heavy (non-hydrogen) atoms. The predicted molar refractivity (Wildman–Crippen MR) is 122 cm³/mol. The molecule has 2 rings (SSSR count). The Hall–Kier alpha value is -2.58. The van der Waals surface area contributed by atoms with Crippen LogP contribution in [0.25, 0.3) is 0 Å². The van der Waals surface area contributed by atoms with Gasteiger partial charge in [-0.15, -0.1) is 0 Å². The first-order chi connectivity index (χ1) is 14.3. The molecular formula is C23H32N2O5S. The number of anilines is 1. The molecule has 170 valence electrons. The van der Waals surface area contributed by atoms with Crippen molar-refractivity contribution in [3.8, 4) is 11.5 Å². The molecule has 0 aromatic heterocycles. The fraction of sp³-hybridized carbons (Fsp3) is 0.435. The van der Waals surface area contributed by atoms with Crippen molar-refractivity contribution in [1.82, 2.24) is 4.72 Å². The van der Waals surface area contributed by atoms with Gasteiger partial charge in [-0.2, -0.15) is 0 Å². The van der Waals surface area contributed by atoms with Gasteiger partial charge in [-0.3, -0.25) is 4.79 Å². The van der Waals surface area contributed by atoms with E-state index in [1.807, 2.05) is 24.3 Å². The van der Waals surface area contributed by atoms with Gasteiger partial charge in [0.05, 0.1) is 17.7 Å². The Kier molecular flexibility index (Phi) is 7.72. The summed E-state index contributed by atoms with van der Waals surface area (Å²) >= 11 is 0. The van der Waals surface area contributed by atoms with Gasteiger partial charge in [0.25, 0.3) is 5.91 Å². The van der Waals surface area contributed by atoms with Crippen LogP contribution >= 0.6 is 0 Å². The topological polar surface area (TPSA) is 93.7 Å². The second kappa shape index (κ2) is 9.70. The van der Waals surface area contributed by atoms with E-state index in [0.29, 0.717) is 11.5 Å². The maximum Gasteiger partial charge on any atom is 0.265 e. The average molecular weight is 449 g/mol. The molecule has 7 nitrogen and oxygen atoms in total. The van der Waals surface area contributed by atoms with E-state index in [1.165, 1.54) is 25.3 Å². The molecule has 0 radical (unpaired) electrons.